The highest BCUT2D eigenvalue weighted by molar-refractivity contribution is 7.99. The first-order chi connectivity index (χ1) is 14.3. The molecule has 0 atom stereocenters. The number of hydrogen-bond acceptors (Lipinski definition) is 5. The molecule has 7 heteroatoms. The lowest BCUT2D eigenvalue weighted by atomic mass is 10.1. The second kappa shape index (κ2) is 9.71. The van der Waals surface area contributed by atoms with Gasteiger partial charge in [-0.1, -0.05) is 54.6 Å². The zero-order chi connectivity index (χ0) is 19.9. The van der Waals surface area contributed by atoms with Gasteiger partial charge in [-0.3, -0.25) is 14.3 Å². The Morgan fingerprint density at radius 3 is 2.34 bits per heavy atom. The van der Waals surface area contributed by atoms with E-state index in [1.54, 1.807) is 0 Å². The van der Waals surface area contributed by atoms with Crippen molar-refractivity contribution in [2.75, 3.05) is 24.2 Å². The minimum Gasteiger partial charge on any atom is -0.325 e. The van der Waals surface area contributed by atoms with E-state index in [2.05, 4.69) is 37.1 Å². The summed E-state index contributed by atoms with van der Waals surface area (Å²) in [6.45, 7) is 2.98. The van der Waals surface area contributed by atoms with Crippen molar-refractivity contribution in [1.29, 1.82) is 0 Å². The summed E-state index contributed by atoms with van der Waals surface area (Å²) < 4.78 is 2.08. The second-order valence-corrected chi connectivity index (χ2v) is 8.05. The molecule has 0 spiro atoms. The number of carbonyl (C=O) groups is 1. The second-order valence-electron chi connectivity index (χ2n) is 7.11. The fraction of sp³-hybridized carbons (Fsp3) is 0.318. The van der Waals surface area contributed by atoms with Gasteiger partial charge in [0.25, 0.3) is 0 Å². The molecule has 6 nitrogen and oxygen atoms in total. The summed E-state index contributed by atoms with van der Waals surface area (Å²) in [5.74, 6) is 1.15. The maximum absolute atomic E-state index is 12.4. The topological polar surface area (TPSA) is 63.1 Å². The van der Waals surface area contributed by atoms with Crippen LogP contribution in [0.3, 0.4) is 0 Å². The van der Waals surface area contributed by atoms with Crippen LogP contribution in [0.1, 0.15) is 25.1 Å². The van der Waals surface area contributed by atoms with Gasteiger partial charge in [-0.15, -0.1) is 10.2 Å². The Kier molecular flexibility index (Phi) is 6.59. The van der Waals surface area contributed by atoms with Crippen molar-refractivity contribution >= 4 is 23.4 Å². The molecule has 2 heterocycles. The van der Waals surface area contributed by atoms with Crippen molar-refractivity contribution < 1.29 is 4.79 Å². The molecule has 0 unspecified atom stereocenters. The normalized spacial score (nSPS) is 14.6. The van der Waals surface area contributed by atoms with E-state index in [1.807, 2.05) is 48.5 Å². The summed E-state index contributed by atoms with van der Waals surface area (Å²) >= 11 is 1.41. The predicted molar refractivity (Wildman–Crippen MR) is 116 cm³/mol. The van der Waals surface area contributed by atoms with Crippen LogP contribution in [0.2, 0.25) is 0 Å². The van der Waals surface area contributed by atoms with Gasteiger partial charge in [0.05, 0.1) is 12.3 Å². The zero-order valence-electron chi connectivity index (χ0n) is 16.3. The molecule has 1 aliphatic heterocycles. The molecule has 1 fully saturated rings. The molecule has 1 saturated heterocycles. The van der Waals surface area contributed by atoms with Gasteiger partial charge in [-0.2, -0.15) is 0 Å². The number of thioether (sulfide) groups is 1. The third-order valence-electron chi connectivity index (χ3n) is 4.92. The quantitative estimate of drug-likeness (QED) is 0.600. The van der Waals surface area contributed by atoms with Crippen LogP contribution in [0.25, 0.3) is 5.69 Å². The maximum atomic E-state index is 12.4. The predicted octanol–water partition coefficient (Wildman–Crippen LogP) is 3.98. The maximum Gasteiger partial charge on any atom is 0.234 e. The summed E-state index contributed by atoms with van der Waals surface area (Å²) in [6.07, 6.45) is 3.78. The first-order valence-electron chi connectivity index (χ1n) is 9.99. The fourth-order valence-corrected chi connectivity index (χ4v) is 4.27. The van der Waals surface area contributed by atoms with E-state index in [-0.39, 0.29) is 11.7 Å². The molecule has 2 aromatic carbocycles. The Morgan fingerprint density at radius 1 is 0.931 bits per heavy atom. The van der Waals surface area contributed by atoms with E-state index in [4.69, 9.17) is 0 Å². The first kappa shape index (κ1) is 19.7. The van der Waals surface area contributed by atoms with Gasteiger partial charge in [0.15, 0.2) is 11.0 Å². The van der Waals surface area contributed by atoms with E-state index in [1.165, 1.54) is 31.0 Å². The largest absolute Gasteiger partial charge is 0.325 e. The first-order valence-corrected chi connectivity index (χ1v) is 11.0. The molecular formula is C22H25N5OS. The zero-order valence-corrected chi connectivity index (χ0v) is 17.1. The number of nitrogens with zero attached hydrogens (tertiary/aromatic N) is 4. The molecule has 1 aromatic heterocycles. The third kappa shape index (κ3) is 5.25. The van der Waals surface area contributed by atoms with Crippen molar-refractivity contribution in [2.24, 2.45) is 0 Å². The molecule has 0 saturated carbocycles. The van der Waals surface area contributed by atoms with Crippen molar-refractivity contribution in [2.45, 2.75) is 31.0 Å². The number of rotatable bonds is 7. The van der Waals surface area contributed by atoms with Gasteiger partial charge in [-0.05, 0) is 50.2 Å². The molecule has 29 heavy (non-hydrogen) atoms. The van der Waals surface area contributed by atoms with Gasteiger partial charge < -0.3 is 5.32 Å². The molecular weight excluding hydrogens is 382 g/mol. The molecule has 3 aromatic rings. The highest BCUT2D eigenvalue weighted by Gasteiger charge is 2.19. The fourth-order valence-electron chi connectivity index (χ4n) is 3.50. The number of piperidine rings is 1. The van der Waals surface area contributed by atoms with Crippen molar-refractivity contribution in [3.63, 3.8) is 0 Å². The highest BCUT2D eigenvalue weighted by atomic mass is 32.2. The van der Waals surface area contributed by atoms with Crippen LogP contribution in [-0.2, 0) is 11.3 Å². The highest BCUT2D eigenvalue weighted by Crippen LogP contribution is 2.24. The van der Waals surface area contributed by atoms with E-state index in [9.17, 15) is 4.79 Å². The lowest BCUT2D eigenvalue weighted by Gasteiger charge is -2.26. The monoisotopic (exact) mass is 407 g/mol. The van der Waals surface area contributed by atoms with E-state index >= 15 is 0 Å². The Balaban J connectivity index is 1.49. The molecule has 0 bridgehead atoms. The number of carbonyl (C=O) groups excluding carboxylic acids is 1. The van der Waals surface area contributed by atoms with Gasteiger partial charge in [-0.25, -0.2) is 0 Å². The third-order valence-corrected chi connectivity index (χ3v) is 5.85. The van der Waals surface area contributed by atoms with Gasteiger partial charge in [0, 0.05) is 11.4 Å². The molecule has 1 aliphatic rings. The Labute approximate surface area is 175 Å². The average molecular weight is 408 g/mol. The SMILES string of the molecule is O=C(CSc1nnc(CN2CCCCC2)n1-c1ccccc1)Nc1ccccc1. The Bertz CT molecular complexity index is 923. The molecule has 4 rings (SSSR count). The summed E-state index contributed by atoms with van der Waals surface area (Å²) in [4.78, 5) is 14.8. The average Bonchev–Trinajstić information content (AvgIpc) is 3.17. The molecule has 0 radical (unpaired) electrons. The molecule has 1 amide bonds. The number of hydrogen-bond donors (Lipinski definition) is 1. The van der Waals surface area contributed by atoms with Crippen LogP contribution < -0.4 is 5.32 Å². The standard InChI is InChI=1S/C22H25N5OS/c28-21(23-18-10-4-1-5-11-18)17-29-22-25-24-20(16-26-14-8-3-9-15-26)27(22)19-12-6-2-7-13-19/h1-2,4-7,10-13H,3,8-9,14-17H2,(H,23,28). The smallest absolute Gasteiger partial charge is 0.234 e. The van der Waals surface area contributed by atoms with Gasteiger partial charge in [0.1, 0.15) is 0 Å². The molecule has 150 valence electrons. The van der Waals surface area contributed by atoms with E-state index in [0.29, 0.717) is 0 Å². The van der Waals surface area contributed by atoms with Crippen LogP contribution in [0, 0.1) is 0 Å². The Hall–Kier alpha value is -2.64. The minimum absolute atomic E-state index is 0.0543. The number of amides is 1. The molecule has 1 N–H and O–H groups in total. The minimum atomic E-state index is -0.0543. The Morgan fingerprint density at radius 2 is 1.62 bits per heavy atom. The number of anilines is 1. The van der Waals surface area contributed by atoms with Crippen molar-refractivity contribution in [1.82, 2.24) is 19.7 Å². The van der Waals surface area contributed by atoms with Crippen molar-refractivity contribution in [3.8, 4) is 5.69 Å². The van der Waals surface area contributed by atoms with Crippen LogP contribution in [0.15, 0.2) is 65.8 Å². The number of nitrogens with one attached hydrogen (secondary N) is 1. The summed E-state index contributed by atoms with van der Waals surface area (Å²) in [6, 6.07) is 19.6. The summed E-state index contributed by atoms with van der Waals surface area (Å²) in [5, 5.41) is 12.5. The number of likely N-dealkylation sites (tertiary alicyclic amines) is 1. The van der Waals surface area contributed by atoms with E-state index in [0.717, 1.165) is 42.0 Å². The lowest BCUT2D eigenvalue weighted by Crippen LogP contribution is -2.30. The summed E-state index contributed by atoms with van der Waals surface area (Å²) in [7, 11) is 0. The van der Waals surface area contributed by atoms with Crippen molar-refractivity contribution in [3.05, 3.63) is 66.5 Å². The van der Waals surface area contributed by atoms with Gasteiger partial charge >= 0.3 is 0 Å². The lowest BCUT2D eigenvalue weighted by molar-refractivity contribution is -0.113. The van der Waals surface area contributed by atoms with Gasteiger partial charge in [0.2, 0.25) is 5.91 Å². The number of para-hydroxylation sites is 2. The number of aromatic nitrogens is 3. The van der Waals surface area contributed by atoms with Crippen LogP contribution >= 0.6 is 11.8 Å². The molecule has 0 aliphatic carbocycles. The van der Waals surface area contributed by atoms with Crippen LogP contribution in [0.5, 0.6) is 0 Å². The van der Waals surface area contributed by atoms with E-state index < -0.39 is 0 Å². The summed E-state index contributed by atoms with van der Waals surface area (Å²) in [5.41, 5.74) is 1.82. The van der Waals surface area contributed by atoms with Crippen LogP contribution in [-0.4, -0.2) is 44.4 Å². The van der Waals surface area contributed by atoms with Crippen LogP contribution in [0.4, 0.5) is 5.69 Å². The number of benzene rings is 2.